The molecule has 7 nitrogen and oxygen atoms in total. The molecular formula is C18H25N5O2. The Morgan fingerprint density at radius 1 is 1.44 bits per heavy atom. The molecule has 2 aliphatic heterocycles. The highest BCUT2D eigenvalue weighted by Crippen LogP contribution is 2.20. The number of nitrogens with zero attached hydrogens (tertiary/aromatic N) is 4. The van der Waals surface area contributed by atoms with Crippen LogP contribution in [0.2, 0.25) is 0 Å². The molecule has 1 aromatic heterocycles. The van der Waals surface area contributed by atoms with Crippen LogP contribution in [0.25, 0.3) is 0 Å². The first-order valence-corrected chi connectivity index (χ1v) is 8.88. The molecule has 2 saturated heterocycles. The second-order valence-electron chi connectivity index (χ2n) is 6.69. The average Bonchev–Trinajstić information content (AvgIpc) is 3.15. The van der Waals surface area contributed by atoms with Gasteiger partial charge in [0, 0.05) is 32.4 Å². The highest BCUT2D eigenvalue weighted by atomic mass is 16.5. The Morgan fingerprint density at radius 2 is 2.24 bits per heavy atom. The van der Waals surface area contributed by atoms with Gasteiger partial charge in [-0.3, -0.25) is 9.69 Å². The standard InChI is InChI=1S/C18H25N5O2/c1-14(18(24)22-6-8-25-9-7-22)23-5-4-16(13-23)12-21-17-3-2-15(10-19)11-20-17/h2-3,11,14,16H,4-9,12-13H2,1H3,(H,20,21)/t14-,16+/m1/s1. The fourth-order valence-electron chi connectivity index (χ4n) is 3.40. The first-order chi connectivity index (χ1) is 12.2. The number of morpholine rings is 1. The van der Waals surface area contributed by atoms with Gasteiger partial charge in [0.25, 0.3) is 0 Å². The number of likely N-dealkylation sites (tertiary alicyclic amines) is 1. The molecule has 0 radical (unpaired) electrons. The van der Waals surface area contributed by atoms with E-state index in [0.29, 0.717) is 37.8 Å². The number of nitriles is 1. The van der Waals surface area contributed by atoms with Crippen LogP contribution in [0.5, 0.6) is 0 Å². The molecule has 1 amide bonds. The van der Waals surface area contributed by atoms with Crippen molar-refractivity contribution in [1.82, 2.24) is 14.8 Å². The molecule has 1 aromatic rings. The molecule has 1 N–H and O–H groups in total. The monoisotopic (exact) mass is 343 g/mol. The second kappa shape index (κ2) is 8.28. The van der Waals surface area contributed by atoms with Gasteiger partial charge >= 0.3 is 0 Å². The van der Waals surface area contributed by atoms with E-state index in [1.165, 1.54) is 0 Å². The van der Waals surface area contributed by atoms with E-state index in [9.17, 15) is 4.79 Å². The van der Waals surface area contributed by atoms with Crippen LogP contribution >= 0.6 is 0 Å². The average molecular weight is 343 g/mol. The molecule has 0 aliphatic carbocycles. The van der Waals surface area contributed by atoms with E-state index in [2.05, 4.69) is 21.3 Å². The van der Waals surface area contributed by atoms with Gasteiger partial charge < -0.3 is 15.0 Å². The normalized spacial score (nSPS) is 22.4. The van der Waals surface area contributed by atoms with E-state index in [1.54, 1.807) is 12.3 Å². The van der Waals surface area contributed by atoms with Crippen molar-refractivity contribution < 1.29 is 9.53 Å². The maximum Gasteiger partial charge on any atom is 0.239 e. The molecule has 2 atom stereocenters. The van der Waals surface area contributed by atoms with Crippen molar-refractivity contribution in [3.05, 3.63) is 23.9 Å². The highest BCUT2D eigenvalue weighted by molar-refractivity contribution is 5.81. The minimum atomic E-state index is -0.0730. The Bertz CT molecular complexity index is 621. The molecule has 3 rings (SSSR count). The van der Waals surface area contributed by atoms with Crippen LogP contribution in [-0.2, 0) is 9.53 Å². The summed E-state index contributed by atoms with van der Waals surface area (Å²) in [6, 6.07) is 5.59. The molecule has 0 bridgehead atoms. The Labute approximate surface area is 148 Å². The number of nitrogens with one attached hydrogen (secondary N) is 1. The van der Waals surface area contributed by atoms with Gasteiger partial charge in [-0.2, -0.15) is 5.26 Å². The molecule has 0 saturated carbocycles. The molecule has 0 aromatic carbocycles. The van der Waals surface area contributed by atoms with Gasteiger partial charge in [0.2, 0.25) is 5.91 Å². The van der Waals surface area contributed by atoms with Crippen molar-refractivity contribution in [2.75, 3.05) is 51.3 Å². The zero-order valence-electron chi connectivity index (χ0n) is 14.6. The van der Waals surface area contributed by atoms with Gasteiger partial charge in [-0.05, 0) is 37.9 Å². The van der Waals surface area contributed by atoms with Crippen LogP contribution in [0.1, 0.15) is 18.9 Å². The molecule has 134 valence electrons. The summed E-state index contributed by atoms with van der Waals surface area (Å²) in [7, 11) is 0. The SMILES string of the molecule is C[C@H](C(=O)N1CCOCC1)N1CC[C@@H](CNc2ccc(C#N)cn2)C1. The lowest BCUT2D eigenvalue weighted by atomic mass is 10.1. The number of hydrogen-bond donors (Lipinski definition) is 1. The van der Waals surface area contributed by atoms with Gasteiger partial charge in [0.05, 0.1) is 24.8 Å². The van der Waals surface area contributed by atoms with E-state index in [-0.39, 0.29) is 11.9 Å². The number of ether oxygens (including phenoxy) is 1. The van der Waals surface area contributed by atoms with Crippen LogP contribution in [-0.4, -0.2) is 72.7 Å². The lowest BCUT2D eigenvalue weighted by Gasteiger charge is -2.32. The van der Waals surface area contributed by atoms with Gasteiger partial charge in [-0.1, -0.05) is 0 Å². The van der Waals surface area contributed by atoms with Crippen molar-refractivity contribution in [3.63, 3.8) is 0 Å². The molecule has 3 heterocycles. The lowest BCUT2D eigenvalue weighted by Crippen LogP contribution is -2.50. The van der Waals surface area contributed by atoms with E-state index in [4.69, 9.17) is 10.00 Å². The number of pyridine rings is 1. The lowest BCUT2D eigenvalue weighted by molar-refractivity contribution is -0.140. The summed E-state index contributed by atoms with van der Waals surface area (Å²) in [6.45, 7) is 7.39. The number of anilines is 1. The quantitative estimate of drug-likeness (QED) is 0.857. The third kappa shape index (κ3) is 4.47. The number of hydrogen-bond acceptors (Lipinski definition) is 6. The first-order valence-electron chi connectivity index (χ1n) is 8.88. The van der Waals surface area contributed by atoms with Crippen molar-refractivity contribution in [3.8, 4) is 6.07 Å². The van der Waals surface area contributed by atoms with Gasteiger partial charge in [-0.15, -0.1) is 0 Å². The summed E-state index contributed by atoms with van der Waals surface area (Å²) < 4.78 is 5.32. The van der Waals surface area contributed by atoms with Crippen LogP contribution in [0.3, 0.4) is 0 Å². The predicted molar refractivity (Wildman–Crippen MR) is 94.0 cm³/mol. The number of carbonyl (C=O) groups excluding carboxylic acids is 1. The van der Waals surface area contributed by atoms with E-state index >= 15 is 0 Å². The summed E-state index contributed by atoms with van der Waals surface area (Å²) in [5.41, 5.74) is 0.563. The molecule has 2 aliphatic rings. The fraction of sp³-hybridized carbons (Fsp3) is 0.611. The summed E-state index contributed by atoms with van der Waals surface area (Å²) in [6.07, 6.45) is 2.65. The number of carbonyl (C=O) groups is 1. The highest BCUT2D eigenvalue weighted by Gasteiger charge is 2.32. The summed E-state index contributed by atoms with van der Waals surface area (Å²) in [5.74, 6) is 1.50. The summed E-state index contributed by atoms with van der Waals surface area (Å²) in [4.78, 5) is 21.0. The predicted octanol–water partition coefficient (Wildman–Crippen LogP) is 0.934. The molecule has 7 heteroatoms. The van der Waals surface area contributed by atoms with Crippen molar-refractivity contribution in [1.29, 1.82) is 5.26 Å². The van der Waals surface area contributed by atoms with Gasteiger partial charge in [0.15, 0.2) is 0 Å². The zero-order chi connectivity index (χ0) is 17.6. The van der Waals surface area contributed by atoms with Crippen LogP contribution < -0.4 is 5.32 Å². The minimum Gasteiger partial charge on any atom is -0.378 e. The largest absolute Gasteiger partial charge is 0.378 e. The maximum absolute atomic E-state index is 12.6. The second-order valence-corrected chi connectivity index (χ2v) is 6.69. The minimum absolute atomic E-state index is 0.0730. The van der Waals surface area contributed by atoms with E-state index in [0.717, 1.165) is 31.9 Å². The Balaban J connectivity index is 1.45. The molecule has 0 unspecified atom stereocenters. The summed E-state index contributed by atoms with van der Waals surface area (Å²) in [5, 5.41) is 12.1. The maximum atomic E-state index is 12.6. The Morgan fingerprint density at radius 3 is 2.92 bits per heavy atom. The van der Waals surface area contributed by atoms with E-state index in [1.807, 2.05) is 17.9 Å². The Hall–Kier alpha value is -2.17. The summed E-state index contributed by atoms with van der Waals surface area (Å²) >= 11 is 0. The van der Waals surface area contributed by atoms with Crippen LogP contribution in [0.4, 0.5) is 5.82 Å². The fourth-order valence-corrected chi connectivity index (χ4v) is 3.40. The van der Waals surface area contributed by atoms with Gasteiger partial charge in [-0.25, -0.2) is 4.98 Å². The number of amides is 1. The topological polar surface area (TPSA) is 81.5 Å². The molecule has 0 spiro atoms. The van der Waals surface area contributed by atoms with Crippen molar-refractivity contribution >= 4 is 11.7 Å². The Kier molecular flexibility index (Phi) is 5.84. The zero-order valence-corrected chi connectivity index (χ0v) is 14.6. The first kappa shape index (κ1) is 17.6. The van der Waals surface area contributed by atoms with Gasteiger partial charge in [0.1, 0.15) is 11.9 Å². The number of rotatable bonds is 5. The van der Waals surface area contributed by atoms with E-state index < -0.39 is 0 Å². The number of aromatic nitrogens is 1. The third-order valence-corrected chi connectivity index (χ3v) is 5.01. The molecular weight excluding hydrogens is 318 g/mol. The van der Waals surface area contributed by atoms with Crippen LogP contribution in [0.15, 0.2) is 18.3 Å². The smallest absolute Gasteiger partial charge is 0.239 e. The molecule has 2 fully saturated rings. The van der Waals surface area contributed by atoms with Crippen LogP contribution in [0, 0.1) is 17.2 Å². The molecule has 25 heavy (non-hydrogen) atoms. The van der Waals surface area contributed by atoms with Crippen molar-refractivity contribution in [2.24, 2.45) is 5.92 Å². The third-order valence-electron chi connectivity index (χ3n) is 5.01. The van der Waals surface area contributed by atoms with Crippen molar-refractivity contribution in [2.45, 2.75) is 19.4 Å².